The van der Waals surface area contributed by atoms with Gasteiger partial charge in [0.25, 0.3) is 0 Å². The van der Waals surface area contributed by atoms with Crippen LogP contribution in [0.4, 0.5) is 0 Å². The van der Waals surface area contributed by atoms with E-state index in [4.69, 9.17) is 16.9 Å². The number of sulfonamides is 1. The Kier molecular flexibility index (Phi) is 4.62. The summed E-state index contributed by atoms with van der Waals surface area (Å²) < 4.78 is 26.8. The smallest absolute Gasteiger partial charge is 0.207 e. The van der Waals surface area contributed by atoms with Gasteiger partial charge in [-0.1, -0.05) is 31.9 Å². The molecule has 1 aliphatic heterocycles. The van der Waals surface area contributed by atoms with Crippen molar-refractivity contribution in [3.05, 3.63) is 28.8 Å². The lowest BCUT2D eigenvalue weighted by Gasteiger charge is -2.38. The summed E-state index contributed by atoms with van der Waals surface area (Å²) in [6, 6.07) is 6.20. The van der Waals surface area contributed by atoms with E-state index in [-0.39, 0.29) is 20.9 Å². The molecule has 4 nitrogen and oxygen atoms in total. The van der Waals surface area contributed by atoms with Gasteiger partial charge in [-0.25, -0.2) is 8.42 Å². The second-order valence-corrected chi connectivity index (χ2v) is 8.17. The number of hydrogen-bond acceptors (Lipinski definition) is 3. The van der Waals surface area contributed by atoms with Crippen molar-refractivity contribution in [2.24, 2.45) is 5.41 Å². The standard InChI is InChI=1S/C15H19ClN2O2S/c1-3-15(2)6-8-18(9-7-15)21(19,20)13-5-4-12(11-17)14(16)10-13/h4-5,10H,3,6-9H2,1-2H3. The molecule has 1 aromatic carbocycles. The summed E-state index contributed by atoms with van der Waals surface area (Å²) in [5, 5.41) is 9.03. The first-order valence-corrected chi connectivity index (χ1v) is 8.84. The number of halogens is 1. The Hall–Kier alpha value is -1.09. The van der Waals surface area contributed by atoms with E-state index in [9.17, 15) is 8.42 Å². The second-order valence-electron chi connectivity index (χ2n) is 5.82. The molecule has 114 valence electrons. The Morgan fingerprint density at radius 2 is 2.00 bits per heavy atom. The summed E-state index contributed by atoms with van der Waals surface area (Å²) in [6.45, 7) is 5.41. The molecule has 0 bridgehead atoms. The van der Waals surface area contributed by atoms with E-state index in [1.165, 1.54) is 22.5 Å². The summed E-state index contributed by atoms with van der Waals surface area (Å²) in [7, 11) is -3.53. The normalized spacial score (nSPS) is 19.1. The van der Waals surface area contributed by atoms with Crippen LogP contribution in [0.1, 0.15) is 38.7 Å². The number of nitrogens with zero attached hydrogens (tertiary/aromatic N) is 2. The Balaban J connectivity index is 2.24. The van der Waals surface area contributed by atoms with Crippen LogP contribution in [0.25, 0.3) is 0 Å². The average Bonchev–Trinajstić information content (AvgIpc) is 2.47. The molecule has 0 spiro atoms. The van der Waals surface area contributed by atoms with E-state index in [0.29, 0.717) is 13.1 Å². The lowest BCUT2D eigenvalue weighted by Crippen LogP contribution is -2.41. The van der Waals surface area contributed by atoms with Gasteiger partial charge in [-0.3, -0.25) is 0 Å². The third-order valence-corrected chi connectivity index (χ3v) is 6.69. The molecule has 0 atom stereocenters. The predicted molar refractivity (Wildman–Crippen MR) is 82.6 cm³/mol. The Bertz CT molecular complexity index is 671. The molecule has 0 N–H and O–H groups in total. The van der Waals surface area contributed by atoms with E-state index in [1.54, 1.807) is 0 Å². The van der Waals surface area contributed by atoms with Crippen LogP contribution in [0.15, 0.2) is 23.1 Å². The third kappa shape index (κ3) is 3.23. The Morgan fingerprint density at radius 3 is 2.48 bits per heavy atom. The van der Waals surface area contributed by atoms with Crippen molar-refractivity contribution in [3.63, 3.8) is 0 Å². The van der Waals surface area contributed by atoms with Gasteiger partial charge in [-0.05, 0) is 36.5 Å². The molecule has 0 unspecified atom stereocenters. The number of nitriles is 1. The van der Waals surface area contributed by atoms with Crippen LogP contribution < -0.4 is 0 Å². The van der Waals surface area contributed by atoms with Gasteiger partial charge >= 0.3 is 0 Å². The first kappa shape index (κ1) is 16.3. The summed E-state index contributed by atoms with van der Waals surface area (Å²) in [4.78, 5) is 0.159. The second kappa shape index (κ2) is 5.96. The molecular weight excluding hydrogens is 308 g/mol. The number of rotatable bonds is 3. The van der Waals surface area contributed by atoms with Crippen molar-refractivity contribution in [3.8, 4) is 6.07 Å². The molecule has 0 saturated carbocycles. The fourth-order valence-corrected chi connectivity index (χ4v) is 4.27. The fraction of sp³-hybridized carbons (Fsp3) is 0.533. The van der Waals surface area contributed by atoms with Crippen LogP contribution >= 0.6 is 11.6 Å². The topological polar surface area (TPSA) is 61.2 Å². The minimum Gasteiger partial charge on any atom is -0.207 e. The highest BCUT2D eigenvalue weighted by molar-refractivity contribution is 7.89. The molecule has 0 radical (unpaired) electrons. The monoisotopic (exact) mass is 326 g/mol. The maximum absolute atomic E-state index is 12.6. The average molecular weight is 327 g/mol. The fourth-order valence-electron chi connectivity index (χ4n) is 2.52. The van der Waals surface area contributed by atoms with E-state index < -0.39 is 10.0 Å². The molecule has 6 heteroatoms. The Labute approximate surface area is 131 Å². The number of piperidine rings is 1. The van der Waals surface area contributed by atoms with Crippen LogP contribution in [0.2, 0.25) is 5.02 Å². The van der Waals surface area contributed by atoms with Crippen LogP contribution in [0, 0.1) is 16.7 Å². The molecule has 0 amide bonds. The van der Waals surface area contributed by atoms with Crippen molar-refractivity contribution in [1.82, 2.24) is 4.31 Å². The quantitative estimate of drug-likeness (QED) is 0.855. The largest absolute Gasteiger partial charge is 0.243 e. The summed E-state index contributed by atoms with van der Waals surface area (Å²) >= 11 is 5.94. The molecule has 1 saturated heterocycles. The zero-order valence-electron chi connectivity index (χ0n) is 12.3. The molecule has 0 aromatic heterocycles. The van der Waals surface area contributed by atoms with Crippen molar-refractivity contribution < 1.29 is 8.42 Å². The molecule has 1 heterocycles. The van der Waals surface area contributed by atoms with E-state index in [0.717, 1.165) is 19.3 Å². The maximum atomic E-state index is 12.6. The van der Waals surface area contributed by atoms with Gasteiger partial charge in [0, 0.05) is 13.1 Å². The third-order valence-electron chi connectivity index (χ3n) is 4.48. The zero-order chi connectivity index (χ0) is 15.7. The summed E-state index contributed by atoms with van der Waals surface area (Å²) in [5.41, 5.74) is 0.516. The van der Waals surface area contributed by atoms with Gasteiger partial charge in [0.1, 0.15) is 6.07 Å². The predicted octanol–water partition coefficient (Wildman–Crippen LogP) is 3.41. The van der Waals surface area contributed by atoms with Gasteiger partial charge in [-0.15, -0.1) is 0 Å². The van der Waals surface area contributed by atoms with Crippen LogP contribution in [0.5, 0.6) is 0 Å². The first-order valence-electron chi connectivity index (χ1n) is 7.02. The highest BCUT2D eigenvalue weighted by Crippen LogP contribution is 2.36. The lowest BCUT2D eigenvalue weighted by atomic mass is 9.79. The van der Waals surface area contributed by atoms with Crippen molar-refractivity contribution in [1.29, 1.82) is 5.26 Å². The Morgan fingerprint density at radius 1 is 1.38 bits per heavy atom. The highest BCUT2D eigenvalue weighted by atomic mass is 35.5. The molecule has 0 aliphatic carbocycles. The zero-order valence-corrected chi connectivity index (χ0v) is 13.8. The van der Waals surface area contributed by atoms with Gasteiger partial charge in [0.15, 0.2) is 0 Å². The maximum Gasteiger partial charge on any atom is 0.243 e. The number of hydrogen-bond donors (Lipinski definition) is 0. The van der Waals surface area contributed by atoms with Gasteiger partial charge in [-0.2, -0.15) is 9.57 Å². The molecule has 21 heavy (non-hydrogen) atoms. The number of benzene rings is 1. The SMILES string of the molecule is CCC1(C)CCN(S(=O)(=O)c2ccc(C#N)c(Cl)c2)CC1. The minimum absolute atomic E-state index is 0.159. The van der Waals surface area contributed by atoms with Gasteiger partial charge < -0.3 is 0 Å². The molecule has 1 fully saturated rings. The molecular formula is C15H19ClN2O2S. The van der Waals surface area contributed by atoms with Gasteiger partial charge in [0.2, 0.25) is 10.0 Å². The molecule has 2 rings (SSSR count). The van der Waals surface area contributed by atoms with Gasteiger partial charge in [0.05, 0.1) is 15.5 Å². The molecule has 1 aromatic rings. The van der Waals surface area contributed by atoms with Crippen molar-refractivity contribution in [2.75, 3.05) is 13.1 Å². The van der Waals surface area contributed by atoms with Crippen LogP contribution in [0.3, 0.4) is 0 Å². The van der Waals surface area contributed by atoms with Crippen molar-refractivity contribution >= 4 is 21.6 Å². The van der Waals surface area contributed by atoms with E-state index >= 15 is 0 Å². The van der Waals surface area contributed by atoms with E-state index in [2.05, 4.69) is 13.8 Å². The minimum atomic E-state index is -3.53. The van der Waals surface area contributed by atoms with Crippen LogP contribution in [-0.2, 0) is 10.0 Å². The first-order chi connectivity index (χ1) is 9.82. The van der Waals surface area contributed by atoms with E-state index in [1.807, 2.05) is 6.07 Å². The molecule has 1 aliphatic rings. The summed E-state index contributed by atoms with van der Waals surface area (Å²) in [6.07, 6.45) is 2.79. The van der Waals surface area contributed by atoms with Crippen LogP contribution in [-0.4, -0.2) is 25.8 Å². The van der Waals surface area contributed by atoms with Crippen molar-refractivity contribution in [2.45, 2.75) is 38.0 Å². The lowest BCUT2D eigenvalue weighted by molar-refractivity contribution is 0.169. The highest BCUT2D eigenvalue weighted by Gasteiger charge is 2.34. The summed E-state index contributed by atoms with van der Waals surface area (Å²) in [5.74, 6) is 0.